The molecule has 0 aliphatic carbocycles. The van der Waals surface area contributed by atoms with E-state index in [4.69, 9.17) is 30.0 Å². The molecule has 2 aliphatic heterocycles. The predicted molar refractivity (Wildman–Crippen MR) is 162 cm³/mol. The van der Waals surface area contributed by atoms with Gasteiger partial charge < -0.3 is 36.5 Å². The van der Waals surface area contributed by atoms with Gasteiger partial charge in [-0.05, 0) is 13.3 Å². The largest absolute Gasteiger partial charge is 0.405 e. The third-order valence-electron chi connectivity index (χ3n) is 7.35. The summed E-state index contributed by atoms with van der Waals surface area (Å²) in [6.07, 6.45) is 1.02. The van der Waals surface area contributed by atoms with Crippen LogP contribution in [-0.4, -0.2) is 96.4 Å². The molecule has 2 saturated heterocycles. The maximum Gasteiger partial charge on any atom is 0.405 e. The number of unbranched alkanes of at least 4 members (excludes halogenated alkanes) is 1. The van der Waals surface area contributed by atoms with E-state index < -0.39 is 56.8 Å². The van der Waals surface area contributed by atoms with Crippen molar-refractivity contribution in [3.63, 3.8) is 0 Å². The molecule has 45 heavy (non-hydrogen) atoms. The molecule has 5 rings (SSSR count). The van der Waals surface area contributed by atoms with Gasteiger partial charge in [0.2, 0.25) is 5.95 Å². The van der Waals surface area contributed by atoms with E-state index in [0.717, 1.165) is 6.42 Å². The van der Waals surface area contributed by atoms with Gasteiger partial charge in [-0.15, -0.1) is 0 Å². The minimum Gasteiger partial charge on any atom is -0.394 e. The van der Waals surface area contributed by atoms with Crippen LogP contribution < -0.4 is 27.4 Å². The van der Waals surface area contributed by atoms with Gasteiger partial charge in [-0.3, -0.25) is 23.4 Å². The minimum absolute atomic E-state index is 0.00446. The number of aromatic amines is 1. The summed E-state index contributed by atoms with van der Waals surface area (Å²) in [4.78, 5) is 35.1. The van der Waals surface area contributed by atoms with E-state index in [0.29, 0.717) is 29.8 Å². The number of anilines is 3. The van der Waals surface area contributed by atoms with Crippen LogP contribution in [0.4, 0.5) is 17.5 Å². The topological polar surface area (TPSA) is 272 Å². The van der Waals surface area contributed by atoms with Crippen molar-refractivity contribution in [3.05, 3.63) is 28.7 Å². The number of nitrogens with two attached hydrogens (primary N) is 2. The standard InChI is InChI=1S/C25H38N11O8P/c1-3-4-5-33-45(40,44-15-7-19(43-16(15)8-37)36-12-32-21-22(26)30-11-31-23(21)36)41-9-17-14(38)6-18(42-17)28-10-29-20-13(2)34-25(27)35-24(20)39/h10-12,14-19,37-38H,3-9H2,1-2H3,(H,28,29)(H,33,40)(H2,26,30,31)(H3,27,34,35,39)/t14?,15?,16-,17-,18-,19-,45?/m1/s1. The van der Waals surface area contributed by atoms with E-state index in [-0.39, 0.29) is 36.9 Å². The van der Waals surface area contributed by atoms with Crippen molar-refractivity contribution in [2.45, 2.75) is 76.4 Å². The molecule has 5 heterocycles. The van der Waals surface area contributed by atoms with Crippen LogP contribution in [0.5, 0.6) is 0 Å². The first-order chi connectivity index (χ1) is 21.6. The number of aromatic nitrogens is 6. The lowest BCUT2D eigenvalue weighted by Crippen LogP contribution is -2.32. The van der Waals surface area contributed by atoms with Gasteiger partial charge in [0.15, 0.2) is 17.7 Å². The number of aliphatic hydroxyl groups is 2. The molecule has 2 aliphatic rings. The highest BCUT2D eigenvalue weighted by molar-refractivity contribution is 7.51. The van der Waals surface area contributed by atoms with Crippen LogP contribution in [-0.2, 0) is 23.1 Å². The molecular weight excluding hydrogens is 613 g/mol. The number of nitrogen functional groups attached to an aromatic ring is 2. The van der Waals surface area contributed by atoms with E-state index in [9.17, 15) is 19.6 Å². The first-order valence-corrected chi connectivity index (χ1v) is 16.0. The smallest absolute Gasteiger partial charge is 0.394 e. The quantitative estimate of drug-likeness (QED) is 0.0530. The Morgan fingerprint density at radius 2 is 2.09 bits per heavy atom. The number of aliphatic hydroxyl groups excluding tert-OH is 2. The first kappa shape index (κ1) is 32.8. The van der Waals surface area contributed by atoms with Crippen molar-refractivity contribution in [1.29, 1.82) is 0 Å². The minimum atomic E-state index is -3.99. The maximum absolute atomic E-state index is 13.9. The number of H-pyrrole nitrogens is 1. The van der Waals surface area contributed by atoms with Crippen LogP contribution >= 0.6 is 7.75 Å². The van der Waals surface area contributed by atoms with Crippen molar-refractivity contribution in [1.82, 2.24) is 34.6 Å². The fraction of sp³-hybridized carbons (Fsp3) is 0.600. The Balaban J connectivity index is 1.22. The average molecular weight is 652 g/mol. The van der Waals surface area contributed by atoms with Crippen LogP contribution in [0.3, 0.4) is 0 Å². The van der Waals surface area contributed by atoms with Crippen LogP contribution in [0.2, 0.25) is 0 Å². The molecule has 3 aromatic heterocycles. The van der Waals surface area contributed by atoms with E-state index in [1.54, 1.807) is 11.5 Å². The summed E-state index contributed by atoms with van der Waals surface area (Å²) in [5.41, 5.74) is 12.4. The monoisotopic (exact) mass is 651 g/mol. The van der Waals surface area contributed by atoms with Gasteiger partial charge in [0, 0.05) is 19.4 Å². The molecule has 2 fully saturated rings. The SMILES string of the molecule is CCCCNP(=O)(OC[C@H]1O[C@@H](N=CNc2c(C)nc(N)[nH]c2=O)CC1O)OC1C[C@H](n2cnc3c(N)ncnc32)O[C@@H]1CO. The summed E-state index contributed by atoms with van der Waals surface area (Å²) in [5.74, 6) is 0.210. The number of rotatable bonds is 14. The number of hydrogen-bond donors (Lipinski definition) is 7. The summed E-state index contributed by atoms with van der Waals surface area (Å²) < 4.78 is 39.2. The third-order valence-corrected chi connectivity index (χ3v) is 9.00. The zero-order chi connectivity index (χ0) is 32.1. The Morgan fingerprint density at radius 1 is 1.27 bits per heavy atom. The number of aliphatic imine (C=N–C) groups is 1. The summed E-state index contributed by atoms with van der Waals surface area (Å²) >= 11 is 0. The fourth-order valence-electron chi connectivity index (χ4n) is 5.00. The van der Waals surface area contributed by atoms with E-state index in [2.05, 4.69) is 40.3 Å². The lowest BCUT2D eigenvalue weighted by molar-refractivity contribution is -0.0450. The molecule has 0 amide bonds. The van der Waals surface area contributed by atoms with E-state index in [1.807, 2.05) is 6.92 Å². The second-order valence-electron chi connectivity index (χ2n) is 10.6. The Morgan fingerprint density at radius 3 is 2.84 bits per heavy atom. The van der Waals surface area contributed by atoms with Crippen LogP contribution in [0.15, 0.2) is 22.4 Å². The summed E-state index contributed by atoms with van der Waals surface area (Å²) in [6.45, 7) is 3.25. The second kappa shape index (κ2) is 14.3. The lowest BCUT2D eigenvalue weighted by Gasteiger charge is -2.26. The molecule has 3 aromatic rings. The van der Waals surface area contributed by atoms with Gasteiger partial charge in [-0.2, -0.15) is 0 Å². The highest BCUT2D eigenvalue weighted by Gasteiger charge is 2.43. The van der Waals surface area contributed by atoms with Crippen molar-refractivity contribution < 1.29 is 33.3 Å². The Hall–Kier alpha value is -3.55. The Labute approximate surface area is 257 Å². The van der Waals surface area contributed by atoms with Crippen LogP contribution in [0.1, 0.15) is 44.5 Å². The predicted octanol–water partition coefficient (Wildman–Crippen LogP) is 0.178. The fourth-order valence-corrected chi connectivity index (χ4v) is 6.58. The molecule has 20 heteroatoms. The average Bonchev–Trinajstić information content (AvgIpc) is 3.70. The van der Waals surface area contributed by atoms with E-state index in [1.165, 1.54) is 19.0 Å². The third kappa shape index (κ3) is 7.64. The Kier molecular flexibility index (Phi) is 10.4. The number of ether oxygens (including phenoxy) is 2. The van der Waals surface area contributed by atoms with Gasteiger partial charge in [0.25, 0.3) is 5.56 Å². The molecule has 0 spiro atoms. The number of imidazole rings is 1. The molecule has 0 radical (unpaired) electrons. The molecule has 0 aromatic carbocycles. The van der Waals surface area contributed by atoms with Gasteiger partial charge in [0.1, 0.15) is 42.1 Å². The number of nitrogens with one attached hydrogen (secondary N) is 3. The summed E-state index contributed by atoms with van der Waals surface area (Å²) in [6, 6.07) is 0. The van der Waals surface area contributed by atoms with E-state index >= 15 is 0 Å². The van der Waals surface area contributed by atoms with Crippen LogP contribution in [0, 0.1) is 6.92 Å². The van der Waals surface area contributed by atoms with Crippen molar-refractivity contribution in [2.75, 3.05) is 36.5 Å². The van der Waals surface area contributed by atoms with Gasteiger partial charge in [0.05, 0.1) is 37.7 Å². The number of fused-ring (bicyclic) bond motifs is 1. The highest BCUT2D eigenvalue weighted by atomic mass is 31.2. The molecule has 7 atom stereocenters. The molecule has 3 unspecified atom stereocenters. The number of nitrogens with zero attached hydrogens (tertiary/aromatic N) is 6. The summed E-state index contributed by atoms with van der Waals surface area (Å²) in [7, 11) is -3.99. The maximum atomic E-state index is 13.9. The normalized spacial score (nSPS) is 26.6. The zero-order valence-electron chi connectivity index (χ0n) is 24.8. The second-order valence-corrected chi connectivity index (χ2v) is 12.4. The molecule has 246 valence electrons. The zero-order valence-corrected chi connectivity index (χ0v) is 25.7. The van der Waals surface area contributed by atoms with Crippen molar-refractivity contribution in [2.24, 2.45) is 4.99 Å². The van der Waals surface area contributed by atoms with Gasteiger partial charge >= 0.3 is 7.75 Å². The Bertz CT molecular complexity index is 1600. The molecule has 0 bridgehead atoms. The summed E-state index contributed by atoms with van der Waals surface area (Å²) in [5, 5.41) is 26.3. The number of hydrogen-bond acceptors (Lipinski definition) is 15. The van der Waals surface area contributed by atoms with Gasteiger partial charge in [-0.1, -0.05) is 13.3 Å². The molecule has 9 N–H and O–H groups in total. The molecule has 0 saturated carbocycles. The van der Waals surface area contributed by atoms with Crippen molar-refractivity contribution in [3.8, 4) is 0 Å². The van der Waals surface area contributed by atoms with Gasteiger partial charge in [-0.25, -0.2) is 34.6 Å². The van der Waals surface area contributed by atoms with Crippen LogP contribution in [0.25, 0.3) is 11.2 Å². The lowest BCUT2D eigenvalue weighted by atomic mass is 10.2. The highest BCUT2D eigenvalue weighted by Crippen LogP contribution is 2.49. The van der Waals surface area contributed by atoms with Crippen molar-refractivity contribution >= 4 is 42.7 Å². The number of aryl methyl sites for hydroxylation is 1. The first-order valence-electron chi connectivity index (χ1n) is 14.5. The molecule has 19 nitrogen and oxygen atoms in total. The molecular formula is C25H38N11O8P.